The van der Waals surface area contributed by atoms with Crippen molar-refractivity contribution in [2.24, 2.45) is 0 Å². The minimum absolute atomic E-state index is 0.164. The maximum absolute atomic E-state index is 9.96. The highest BCUT2D eigenvalue weighted by Gasteiger charge is 2.26. The molecule has 1 N–H and O–H groups in total. The third kappa shape index (κ3) is 2.80. The van der Waals surface area contributed by atoms with E-state index in [-0.39, 0.29) is 6.10 Å². The van der Waals surface area contributed by atoms with Crippen molar-refractivity contribution in [2.45, 2.75) is 44.4 Å². The number of nitrogens with zero attached hydrogens (tertiary/aromatic N) is 2. The summed E-state index contributed by atoms with van der Waals surface area (Å²) >= 11 is 0. The molecule has 2 rings (SSSR count). The predicted molar refractivity (Wildman–Crippen MR) is 64.0 cm³/mol. The third-order valence-electron chi connectivity index (χ3n) is 3.40. The minimum atomic E-state index is -0.164. The number of pyridine rings is 1. The van der Waals surface area contributed by atoms with Gasteiger partial charge < -0.3 is 5.11 Å². The number of aromatic nitrogens is 1. The summed E-state index contributed by atoms with van der Waals surface area (Å²) in [6, 6.07) is 6.27. The van der Waals surface area contributed by atoms with E-state index in [2.05, 4.69) is 16.9 Å². The fourth-order valence-electron chi connectivity index (χ4n) is 2.47. The van der Waals surface area contributed by atoms with Crippen LogP contribution in [0, 0.1) is 0 Å². The highest BCUT2D eigenvalue weighted by Crippen LogP contribution is 2.23. The number of rotatable bonds is 3. The summed E-state index contributed by atoms with van der Waals surface area (Å²) in [5.74, 6) is 0. The van der Waals surface area contributed by atoms with Crippen molar-refractivity contribution in [3.05, 3.63) is 30.1 Å². The molecule has 16 heavy (non-hydrogen) atoms. The first-order valence-corrected chi connectivity index (χ1v) is 6.05. The summed E-state index contributed by atoms with van der Waals surface area (Å²) in [6.07, 6.45) is 6.09. The number of hydrogen-bond donors (Lipinski definition) is 1. The Morgan fingerprint density at radius 2 is 2.19 bits per heavy atom. The van der Waals surface area contributed by atoms with Gasteiger partial charge in [-0.3, -0.25) is 9.88 Å². The molecule has 0 saturated heterocycles. The number of likely N-dealkylation sites (N-methyl/N-ethyl adjacent to an activating group) is 1. The quantitative estimate of drug-likeness (QED) is 0.844. The molecule has 0 radical (unpaired) electrons. The average Bonchev–Trinajstić information content (AvgIpc) is 2.31. The highest BCUT2D eigenvalue weighted by molar-refractivity contribution is 5.03. The smallest absolute Gasteiger partial charge is 0.0695 e. The third-order valence-corrected chi connectivity index (χ3v) is 3.40. The lowest BCUT2D eigenvalue weighted by Crippen LogP contribution is -2.42. The Morgan fingerprint density at radius 1 is 1.38 bits per heavy atom. The fourth-order valence-corrected chi connectivity index (χ4v) is 2.47. The van der Waals surface area contributed by atoms with Gasteiger partial charge in [-0.2, -0.15) is 0 Å². The van der Waals surface area contributed by atoms with Crippen LogP contribution in [0.4, 0.5) is 0 Å². The SMILES string of the molecule is CN(Cc1ccccn1)C1CCCCC1O. The van der Waals surface area contributed by atoms with Crippen LogP contribution >= 0.6 is 0 Å². The van der Waals surface area contributed by atoms with Crippen molar-refractivity contribution in [1.82, 2.24) is 9.88 Å². The first-order chi connectivity index (χ1) is 7.77. The Bertz CT molecular complexity index is 315. The van der Waals surface area contributed by atoms with E-state index in [0.717, 1.165) is 31.5 Å². The molecule has 1 fully saturated rings. The van der Waals surface area contributed by atoms with E-state index < -0.39 is 0 Å². The molecule has 1 aliphatic carbocycles. The van der Waals surface area contributed by atoms with Gasteiger partial charge in [-0.05, 0) is 32.0 Å². The zero-order valence-corrected chi connectivity index (χ0v) is 9.84. The topological polar surface area (TPSA) is 36.4 Å². The molecule has 3 nitrogen and oxygen atoms in total. The van der Waals surface area contributed by atoms with Crippen LogP contribution in [0.1, 0.15) is 31.4 Å². The van der Waals surface area contributed by atoms with E-state index in [1.54, 1.807) is 0 Å². The normalized spacial score (nSPS) is 25.9. The average molecular weight is 220 g/mol. The molecule has 1 aromatic heterocycles. The Hall–Kier alpha value is -0.930. The minimum Gasteiger partial charge on any atom is -0.391 e. The second kappa shape index (κ2) is 5.41. The van der Waals surface area contributed by atoms with E-state index in [0.29, 0.717) is 6.04 Å². The maximum Gasteiger partial charge on any atom is 0.0695 e. The summed E-state index contributed by atoms with van der Waals surface area (Å²) in [4.78, 5) is 6.54. The number of aliphatic hydroxyl groups excluding tert-OH is 1. The first-order valence-electron chi connectivity index (χ1n) is 6.05. The fraction of sp³-hybridized carbons (Fsp3) is 0.615. The van der Waals surface area contributed by atoms with Gasteiger partial charge in [-0.1, -0.05) is 18.9 Å². The van der Waals surface area contributed by atoms with Gasteiger partial charge in [0.15, 0.2) is 0 Å². The van der Waals surface area contributed by atoms with Crippen LogP contribution in [-0.2, 0) is 6.54 Å². The second-order valence-electron chi connectivity index (χ2n) is 4.66. The van der Waals surface area contributed by atoms with Crippen LogP contribution in [0.5, 0.6) is 0 Å². The van der Waals surface area contributed by atoms with Gasteiger partial charge in [0.05, 0.1) is 11.8 Å². The summed E-state index contributed by atoms with van der Waals surface area (Å²) < 4.78 is 0. The zero-order chi connectivity index (χ0) is 11.4. The number of hydrogen-bond acceptors (Lipinski definition) is 3. The lowest BCUT2D eigenvalue weighted by molar-refractivity contribution is 0.0283. The van der Waals surface area contributed by atoms with Crippen LogP contribution in [0.15, 0.2) is 24.4 Å². The lowest BCUT2D eigenvalue weighted by atomic mass is 9.91. The molecule has 1 aromatic rings. The van der Waals surface area contributed by atoms with Crippen molar-refractivity contribution in [3.8, 4) is 0 Å². The number of aliphatic hydroxyl groups is 1. The van der Waals surface area contributed by atoms with Crippen molar-refractivity contribution < 1.29 is 5.11 Å². The van der Waals surface area contributed by atoms with Crippen LogP contribution in [-0.4, -0.2) is 34.2 Å². The van der Waals surface area contributed by atoms with Gasteiger partial charge >= 0.3 is 0 Å². The van der Waals surface area contributed by atoms with Crippen LogP contribution in [0.3, 0.4) is 0 Å². The van der Waals surface area contributed by atoms with Gasteiger partial charge in [-0.25, -0.2) is 0 Å². The molecule has 1 aliphatic rings. The molecule has 0 spiro atoms. The Kier molecular flexibility index (Phi) is 3.91. The van der Waals surface area contributed by atoms with Crippen molar-refractivity contribution in [1.29, 1.82) is 0 Å². The Labute approximate surface area is 97.1 Å². The molecule has 0 amide bonds. The summed E-state index contributed by atoms with van der Waals surface area (Å²) in [5.41, 5.74) is 1.07. The maximum atomic E-state index is 9.96. The zero-order valence-electron chi connectivity index (χ0n) is 9.84. The predicted octanol–water partition coefficient (Wildman–Crippen LogP) is 1.82. The van der Waals surface area contributed by atoms with E-state index >= 15 is 0 Å². The molecule has 0 bridgehead atoms. The van der Waals surface area contributed by atoms with Crippen molar-refractivity contribution in [2.75, 3.05) is 7.05 Å². The Morgan fingerprint density at radius 3 is 2.88 bits per heavy atom. The second-order valence-corrected chi connectivity index (χ2v) is 4.66. The van der Waals surface area contributed by atoms with Crippen molar-refractivity contribution in [3.63, 3.8) is 0 Å². The molecule has 3 heteroatoms. The van der Waals surface area contributed by atoms with Crippen LogP contribution in [0.25, 0.3) is 0 Å². The van der Waals surface area contributed by atoms with Crippen LogP contribution < -0.4 is 0 Å². The van der Waals surface area contributed by atoms with Gasteiger partial charge in [-0.15, -0.1) is 0 Å². The first kappa shape index (κ1) is 11.6. The van der Waals surface area contributed by atoms with E-state index in [4.69, 9.17) is 0 Å². The van der Waals surface area contributed by atoms with E-state index in [1.165, 1.54) is 6.42 Å². The molecule has 0 aliphatic heterocycles. The molecule has 88 valence electrons. The summed E-state index contributed by atoms with van der Waals surface area (Å²) in [7, 11) is 2.08. The lowest BCUT2D eigenvalue weighted by Gasteiger charge is -2.34. The van der Waals surface area contributed by atoms with Crippen LogP contribution in [0.2, 0.25) is 0 Å². The van der Waals surface area contributed by atoms with Gasteiger partial charge in [0.1, 0.15) is 0 Å². The van der Waals surface area contributed by atoms with Gasteiger partial charge in [0, 0.05) is 18.8 Å². The molecule has 1 saturated carbocycles. The summed E-state index contributed by atoms with van der Waals surface area (Å²) in [6.45, 7) is 0.822. The molecule has 0 aromatic carbocycles. The molecule has 1 heterocycles. The van der Waals surface area contributed by atoms with Gasteiger partial charge in [0.25, 0.3) is 0 Å². The molecular weight excluding hydrogens is 200 g/mol. The largest absolute Gasteiger partial charge is 0.391 e. The van der Waals surface area contributed by atoms with E-state index in [9.17, 15) is 5.11 Å². The van der Waals surface area contributed by atoms with E-state index in [1.807, 2.05) is 24.4 Å². The highest BCUT2D eigenvalue weighted by atomic mass is 16.3. The van der Waals surface area contributed by atoms with Gasteiger partial charge in [0.2, 0.25) is 0 Å². The molecule has 2 atom stereocenters. The molecular formula is C13H20N2O. The summed E-state index contributed by atoms with van der Waals surface area (Å²) in [5, 5.41) is 9.96. The molecule has 2 unspecified atom stereocenters. The Balaban J connectivity index is 1.94. The standard InChI is InChI=1S/C13H20N2O/c1-15(10-11-6-4-5-9-14-11)12-7-2-3-8-13(12)16/h4-6,9,12-13,16H,2-3,7-8,10H2,1H3. The van der Waals surface area contributed by atoms with Crippen molar-refractivity contribution >= 4 is 0 Å². The monoisotopic (exact) mass is 220 g/mol.